The van der Waals surface area contributed by atoms with E-state index in [1.54, 1.807) is 0 Å². The van der Waals surface area contributed by atoms with Crippen LogP contribution >= 0.6 is 0 Å². The maximum atomic E-state index is 3.92. The molecule has 0 amide bonds. The van der Waals surface area contributed by atoms with Gasteiger partial charge in [-0.15, -0.1) is 0 Å². The van der Waals surface area contributed by atoms with Crippen LogP contribution < -0.4 is 21.5 Å². The molecule has 2 heteroatoms. The zero-order valence-electron chi connectivity index (χ0n) is 8.36. The van der Waals surface area contributed by atoms with Crippen molar-refractivity contribution in [3.63, 3.8) is 0 Å². The molecule has 0 N–H and O–H groups in total. The summed E-state index contributed by atoms with van der Waals surface area (Å²) in [5.74, 6) is 0. The van der Waals surface area contributed by atoms with Crippen molar-refractivity contribution in [3.8, 4) is 0 Å². The van der Waals surface area contributed by atoms with Crippen molar-refractivity contribution in [1.29, 1.82) is 0 Å². The van der Waals surface area contributed by atoms with Crippen molar-refractivity contribution in [3.05, 3.63) is 24.3 Å². The van der Waals surface area contributed by atoms with Crippen LogP contribution in [0.2, 0.25) is 0 Å². The van der Waals surface area contributed by atoms with Gasteiger partial charge in [-0.25, -0.2) is 0 Å². The van der Waals surface area contributed by atoms with Crippen LogP contribution in [0.1, 0.15) is 20.3 Å². The summed E-state index contributed by atoms with van der Waals surface area (Å²) in [7, 11) is 0. The van der Waals surface area contributed by atoms with Gasteiger partial charge in [0, 0.05) is 0 Å². The van der Waals surface area contributed by atoms with Crippen molar-refractivity contribution >= 4 is 0 Å². The molecular formula is C10H19IN-. The zero-order valence-corrected chi connectivity index (χ0v) is 10.5. The number of rotatable bonds is 6. The Morgan fingerprint density at radius 2 is 1.83 bits per heavy atom. The molecule has 0 saturated heterocycles. The van der Waals surface area contributed by atoms with Gasteiger partial charge >= 0.3 is 87.2 Å². The Kier molecular flexibility index (Phi) is 6.76. The number of halogens is 1. The predicted octanol–water partition coefficient (Wildman–Crippen LogP) is -0.535. The molecule has 0 aliphatic rings. The van der Waals surface area contributed by atoms with E-state index in [0.29, 0.717) is 0 Å². The molecule has 72 valence electrons. The Hall–Kier alpha value is 0.170. The summed E-state index contributed by atoms with van der Waals surface area (Å²) in [4.78, 5) is 2.29. The van der Waals surface area contributed by atoms with E-state index in [1.165, 1.54) is 11.1 Å². The average molecular weight is 280 g/mol. The number of nitrogens with zero attached hydrogens (tertiary/aromatic N) is 1. The fourth-order valence-electron chi connectivity index (χ4n) is 0.828. The van der Waals surface area contributed by atoms with Crippen LogP contribution in [-0.4, -0.2) is 21.1 Å². The van der Waals surface area contributed by atoms with Gasteiger partial charge in [-0.3, -0.25) is 0 Å². The molecule has 0 fully saturated rings. The normalized spacial score (nSPS) is 10.7. The van der Waals surface area contributed by atoms with E-state index in [4.69, 9.17) is 0 Å². The third-order valence-corrected chi connectivity index (χ3v) is 3.65. The average Bonchev–Trinajstić information content (AvgIpc) is 1.97. The van der Waals surface area contributed by atoms with Crippen molar-refractivity contribution in [2.75, 3.05) is 18.0 Å². The minimum absolute atomic E-state index is 0.207. The van der Waals surface area contributed by atoms with Gasteiger partial charge in [0.15, 0.2) is 0 Å². The van der Waals surface area contributed by atoms with Gasteiger partial charge in [-0.2, -0.15) is 0 Å². The monoisotopic (exact) mass is 280 g/mol. The maximum absolute atomic E-state index is 3.92. The van der Waals surface area contributed by atoms with Crippen LogP contribution in [0, 0.1) is 0 Å². The van der Waals surface area contributed by atoms with Crippen molar-refractivity contribution in [2.24, 2.45) is 0 Å². The van der Waals surface area contributed by atoms with Crippen molar-refractivity contribution in [1.82, 2.24) is 3.11 Å². The first-order valence-electron chi connectivity index (χ1n) is 4.09. The zero-order chi connectivity index (χ0) is 9.56. The first-order chi connectivity index (χ1) is 5.56. The molecule has 0 bridgehead atoms. The number of hydrogen-bond acceptors (Lipinski definition) is 1. The topological polar surface area (TPSA) is 3.24 Å². The Morgan fingerprint density at radius 1 is 1.25 bits per heavy atom. The summed E-state index contributed by atoms with van der Waals surface area (Å²) in [5, 5.41) is 0. The second-order valence-corrected chi connectivity index (χ2v) is 5.51. The van der Waals surface area contributed by atoms with Gasteiger partial charge in [-0.1, -0.05) is 0 Å². The second kappa shape index (κ2) is 6.66. The van der Waals surface area contributed by atoms with E-state index in [2.05, 4.69) is 35.0 Å². The van der Waals surface area contributed by atoms with E-state index < -0.39 is 0 Å². The predicted molar refractivity (Wildman–Crippen MR) is 51.7 cm³/mol. The summed E-state index contributed by atoms with van der Waals surface area (Å²) in [6.45, 7) is 14.2. The summed E-state index contributed by atoms with van der Waals surface area (Å²) in [5.41, 5.74) is 2.54. The Balaban J connectivity index is 3.67. The number of alkyl halides is 1. The molecule has 0 aromatic heterocycles. The number of hydrogen-bond donors (Lipinski definition) is 0. The Morgan fingerprint density at radius 3 is 2.17 bits per heavy atom. The molecule has 0 aromatic carbocycles. The first kappa shape index (κ1) is 12.2. The minimum atomic E-state index is 0.207. The third-order valence-electron chi connectivity index (χ3n) is 1.46. The summed E-state index contributed by atoms with van der Waals surface area (Å²) < 4.78 is 2.50. The van der Waals surface area contributed by atoms with Gasteiger partial charge in [0.2, 0.25) is 0 Å². The molecule has 0 saturated carbocycles. The Bertz CT molecular complexity index is 163. The van der Waals surface area contributed by atoms with Gasteiger partial charge in [-0.05, 0) is 0 Å². The fourth-order valence-corrected chi connectivity index (χ4v) is 2.48. The molecule has 12 heavy (non-hydrogen) atoms. The molecule has 0 radical (unpaired) electrons. The molecule has 0 heterocycles. The van der Waals surface area contributed by atoms with Crippen LogP contribution in [0.25, 0.3) is 0 Å². The summed E-state index contributed by atoms with van der Waals surface area (Å²) in [6, 6.07) is 0. The van der Waals surface area contributed by atoms with Crippen molar-refractivity contribution in [2.45, 2.75) is 20.3 Å². The quantitative estimate of drug-likeness (QED) is 0.273. The molecule has 0 atom stereocenters. The molecule has 1 nitrogen and oxygen atoms in total. The van der Waals surface area contributed by atoms with Crippen LogP contribution in [0.4, 0.5) is 0 Å². The van der Waals surface area contributed by atoms with Gasteiger partial charge in [0.25, 0.3) is 0 Å². The molecular weight excluding hydrogens is 261 g/mol. The summed E-state index contributed by atoms with van der Waals surface area (Å²) >= 11 is 0.207. The summed E-state index contributed by atoms with van der Waals surface area (Å²) in [6.07, 6.45) is 1.13. The van der Waals surface area contributed by atoms with E-state index in [-0.39, 0.29) is 21.5 Å². The van der Waals surface area contributed by atoms with Gasteiger partial charge < -0.3 is 0 Å². The van der Waals surface area contributed by atoms with E-state index in [0.717, 1.165) is 19.5 Å². The third kappa shape index (κ3) is 6.85. The van der Waals surface area contributed by atoms with Crippen LogP contribution in [-0.2, 0) is 0 Å². The van der Waals surface area contributed by atoms with Crippen molar-refractivity contribution < 1.29 is 21.5 Å². The Labute approximate surface area is 87.1 Å². The molecule has 0 spiro atoms. The van der Waals surface area contributed by atoms with Gasteiger partial charge in [0.05, 0.1) is 0 Å². The van der Waals surface area contributed by atoms with Crippen LogP contribution in [0.15, 0.2) is 24.3 Å². The van der Waals surface area contributed by atoms with Gasteiger partial charge in [0.1, 0.15) is 0 Å². The second-order valence-electron chi connectivity index (χ2n) is 3.18. The molecule has 0 rings (SSSR count). The molecule has 0 aliphatic heterocycles. The molecule has 0 unspecified atom stereocenters. The fraction of sp³-hybridized carbons (Fsp3) is 0.600. The standard InChI is InChI=1S/C10H19IN/c1-9(2)6-7-12(11-5)8-10(3)4/h1,3,6-8H2,2,4-5H3/q-1. The van der Waals surface area contributed by atoms with E-state index in [9.17, 15) is 0 Å². The van der Waals surface area contributed by atoms with Crippen LogP contribution in [0.5, 0.6) is 0 Å². The van der Waals surface area contributed by atoms with Crippen LogP contribution in [0.3, 0.4) is 0 Å². The van der Waals surface area contributed by atoms with E-state index in [1.807, 2.05) is 0 Å². The molecule has 0 aliphatic carbocycles. The SMILES string of the molecule is C=C(C)CCN(CC(=C)C)[I-]C. The molecule has 0 aromatic rings. The first-order valence-corrected chi connectivity index (χ1v) is 7.22. The van der Waals surface area contributed by atoms with E-state index >= 15 is 0 Å².